The lowest BCUT2D eigenvalue weighted by Crippen LogP contribution is -2.49. The zero-order valence-electron chi connectivity index (χ0n) is 21.8. The number of carbonyl (C=O) groups excluding carboxylic acids is 2. The molecule has 4 nitrogen and oxygen atoms in total. The largest absolute Gasteiger partial charge is 0.464 e. The van der Waals surface area contributed by atoms with Crippen molar-refractivity contribution in [2.45, 2.75) is 105 Å². The second-order valence-corrected chi connectivity index (χ2v) is 12.8. The van der Waals surface area contributed by atoms with Crippen LogP contribution in [0, 0.1) is 46.3 Å². The quantitative estimate of drug-likeness (QED) is 0.369. The standard InChI is InChI=1S/C29H46O4/c1-7-33-26(31)29(32)17-28(6)23-15-16-27(5)21(19(4)10-8-9-18(2)3)13-14-22(27)20(23)11-12-24(28)25(29)30/h12,18-23,32H,7-11,13-17H2,1-6H3/t19?,20?,21?,22?,23?,27-,28-,29+/m1/s1. The molecule has 4 aliphatic rings. The van der Waals surface area contributed by atoms with E-state index in [4.69, 9.17) is 4.74 Å². The molecule has 0 heterocycles. The molecule has 0 aromatic rings. The summed E-state index contributed by atoms with van der Waals surface area (Å²) < 4.78 is 5.12. The molecule has 8 atom stereocenters. The molecule has 1 N–H and O–H groups in total. The van der Waals surface area contributed by atoms with Crippen molar-refractivity contribution in [3.05, 3.63) is 11.6 Å². The zero-order valence-corrected chi connectivity index (χ0v) is 21.8. The second kappa shape index (κ2) is 8.81. The summed E-state index contributed by atoms with van der Waals surface area (Å²) >= 11 is 0. The lowest BCUT2D eigenvalue weighted by atomic mass is 9.49. The molecule has 0 spiro atoms. The molecular weight excluding hydrogens is 412 g/mol. The van der Waals surface area contributed by atoms with Gasteiger partial charge in [0.15, 0.2) is 0 Å². The Kier molecular flexibility index (Phi) is 6.66. The lowest BCUT2D eigenvalue weighted by Gasteiger charge is -2.55. The van der Waals surface area contributed by atoms with Crippen LogP contribution in [0.1, 0.15) is 99.3 Å². The summed E-state index contributed by atoms with van der Waals surface area (Å²) in [6, 6.07) is 0. The molecule has 0 saturated heterocycles. The molecule has 4 aliphatic carbocycles. The fourth-order valence-electron chi connectivity index (χ4n) is 8.95. The van der Waals surface area contributed by atoms with Gasteiger partial charge in [0.2, 0.25) is 11.4 Å². The molecule has 33 heavy (non-hydrogen) atoms. The third-order valence-electron chi connectivity index (χ3n) is 10.5. The molecule has 3 saturated carbocycles. The number of fused-ring (bicyclic) bond motifs is 5. The van der Waals surface area contributed by atoms with Gasteiger partial charge in [0.05, 0.1) is 6.61 Å². The van der Waals surface area contributed by atoms with Crippen LogP contribution in [0.2, 0.25) is 0 Å². The minimum absolute atomic E-state index is 0.174. The number of esters is 1. The van der Waals surface area contributed by atoms with E-state index in [1.54, 1.807) is 6.92 Å². The van der Waals surface area contributed by atoms with Crippen molar-refractivity contribution in [1.82, 2.24) is 0 Å². The molecule has 5 unspecified atom stereocenters. The predicted molar refractivity (Wildman–Crippen MR) is 130 cm³/mol. The van der Waals surface area contributed by atoms with Crippen LogP contribution in [0.4, 0.5) is 0 Å². The summed E-state index contributed by atoms with van der Waals surface area (Å²) in [4.78, 5) is 25.8. The first-order valence-corrected chi connectivity index (χ1v) is 13.6. The van der Waals surface area contributed by atoms with Crippen LogP contribution in [0.3, 0.4) is 0 Å². The number of Topliss-reactive ketones (excluding diaryl/α,β-unsaturated/α-hetero) is 1. The smallest absolute Gasteiger partial charge is 0.346 e. The Bertz CT molecular complexity index is 814. The number of ketones is 1. The average Bonchev–Trinajstić information content (AvgIpc) is 3.20. The van der Waals surface area contributed by atoms with Gasteiger partial charge in [-0.15, -0.1) is 0 Å². The van der Waals surface area contributed by atoms with Gasteiger partial charge in [-0.05, 0) is 80.0 Å². The van der Waals surface area contributed by atoms with E-state index in [0.717, 1.165) is 30.6 Å². The van der Waals surface area contributed by atoms with Crippen molar-refractivity contribution < 1.29 is 19.4 Å². The van der Waals surface area contributed by atoms with E-state index >= 15 is 0 Å². The topological polar surface area (TPSA) is 63.6 Å². The summed E-state index contributed by atoms with van der Waals surface area (Å²) in [6.45, 7) is 13.7. The van der Waals surface area contributed by atoms with E-state index in [-0.39, 0.29) is 13.0 Å². The molecule has 0 amide bonds. The minimum atomic E-state index is -2.00. The van der Waals surface area contributed by atoms with Crippen molar-refractivity contribution in [2.24, 2.45) is 46.3 Å². The van der Waals surface area contributed by atoms with Crippen LogP contribution < -0.4 is 0 Å². The molecule has 3 fully saturated rings. The van der Waals surface area contributed by atoms with Crippen molar-refractivity contribution in [2.75, 3.05) is 6.61 Å². The Hall–Kier alpha value is -1.16. The first-order valence-electron chi connectivity index (χ1n) is 13.6. The third-order valence-corrected chi connectivity index (χ3v) is 10.5. The number of hydrogen-bond acceptors (Lipinski definition) is 4. The average molecular weight is 459 g/mol. The third kappa shape index (κ3) is 3.83. The minimum Gasteiger partial charge on any atom is -0.464 e. The van der Waals surface area contributed by atoms with E-state index in [9.17, 15) is 14.7 Å². The molecule has 0 aromatic heterocycles. The number of ether oxygens (including phenoxy) is 1. The van der Waals surface area contributed by atoms with Gasteiger partial charge in [-0.2, -0.15) is 0 Å². The van der Waals surface area contributed by atoms with Gasteiger partial charge in [-0.25, -0.2) is 4.79 Å². The Balaban J connectivity index is 1.54. The van der Waals surface area contributed by atoms with Crippen molar-refractivity contribution in [1.29, 1.82) is 0 Å². The predicted octanol–water partition coefficient (Wildman–Crippen LogP) is 6.11. The van der Waals surface area contributed by atoms with E-state index in [2.05, 4.69) is 40.7 Å². The van der Waals surface area contributed by atoms with Crippen LogP contribution in [0.5, 0.6) is 0 Å². The van der Waals surface area contributed by atoms with Crippen molar-refractivity contribution in [3.63, 3.8) is 0 Å². The summed E-state index contributed by atoms with van der Waals surface area (Å²) in [5, 5.41) is 11.2. The summed E-state index contributed by atoms with van der Waals surface area (Å²) in [5.41, 5.74) is -1.36. The van der Waals surface area contributed by atoms with E-state index in [0.29, 0.717) is 28.7 Å². The fourth-order valence-corrected chi connectivity index (χ4v) is 8.95. The van der Waals surface area contributed by atoms with E-state index in [1.807, 2.05) is 0 Å². The van der Waals surface area contributed by atoms with Crippen LogP contribution >= 0.6 is 0 Å². The van der Waals surface area contributed by atoms with Crippen molar-refractivity contribution >= 4 is 11.8 Å². The second-order valence-electron chi connectivity index (χ2n) is 12.8. The monoisotopic (exact) mass is 458 g/mol. The molecule has 0 aliphatic heterocycles. The van der Waals surface area contributed by atoms with Crippen molar-refractivity contribution in [3.8, 4) is 0 Å². The summed E-state index contributed by atoms with van der Waals surface area (Å²) in [6.07, 6.45) is 12.1. The molecule has 0 radical (unpaired) electrons. The van der Waals surface area contributed by atoms with Gasteiger partial charge >= 0.3 is 5.97 Å². The molecule has 4 heteroatoms. The summed E-state index contributed by atoms with van der Waals surface area (Å²) in [5.74, 6) is 2.75. The Morgan fingerprint density at radius 3 is 2.55 bits per heavy atom. The number of rotatable bonds is 7. The zero-order chi connectivity index (χ0) is 24.2. The van der Waals surface area contributed by atoms with Gasteiger partial charge < -0.3 is 9.84 Å². The molecule has 0 aromatic carbocycles. The number of allylic oxidation sites excluding steroid dienone is 1. The highest BCUT2D eigenvalue weighted by Crippen LogP contribution is 2.68. The van der Waals surface area contributed by atoms with Crippen LogP contribution in [0.15, 0.2) is 11.6 Å². The highest BCUT2D eigenvalue weighted by atomic mass is 16.5. The molecule has 4 rings (SSSR count). The molecule has 0 bridgehead atoms. The summed E-state index contributed by atoms with van der Waals surface area (Å²) in [7, 11) is 0. The van der Waals surface area contributed by atoms with Gasteiger partial charge in [-0.3, -0.25) is 4.79 Å². The van der Waals surface area contributed by atoms with Gasteiger partial charge in [0.1, 0.15) is 0 Å². The molecular formula is C29H46O4. The SMILES string of the molecule is CCOC(=O)[C@]1(O)C[C@@]2(C)C(=CCC3C4CCC(C(C)CCCC(C)C)[C@@]4(C)CCC32)C1=O. The lowest BCUT2D eigenvalue weighted by molar-refractivity contribution is -0.169. The van der Waals surface area contributed by atoms with Crippen LogP contribution in [-0.2, 0) is 14.3 Å². The first-order chi connectivity index (χ1) is 15.5. The number of aliphatic hydroxyl groups is 1. The normalized spacial score (nSPS) is 43.0. The highest BCUT2D eigenvalue weighted by molar-refractivity contribution is 6.18. The maximum atomic E-state index is 13.2. The number of carbonyl (C=O) groups is 2. The Labute approximate surface area is 200 Å². The molecule has 186 valence electrons. The Morgan fingerprint density at radius 1 is 1.15 bits per heavy atom. The first kappa shape index (κ1) is 24.9. The fraction of sp³-hybridized carbons (Fsp3) is 0.862. The van der Waals surface area contributed by atoms with Gasteiger partial charge in [-0.1, -0.05) is 60.0 Å². The number of hydrogen-bond donors (Lipinski definition) is 1. The van der Waals surface area contributed by atoms with Gasteiger partial charge in [0, 0.05) is 17.4 Å². The maximum Gasteiger partial charge on any atom is 0.346 e. The van der Waals surface area contributed by atoms with E-state index < -0.39 is 22.8 Å². The Morgan fingerprint density at radius 2 is 1.88 bits per heavy atom. The van der Waals surface area contributed by atoms with Gasteiger partial charge in [0.25, 0.3) is 0 Å². The van der Waals surface area contributed by atoms with Crippen LogP contribution in [0.25, 0.3) is 0 Å². The highest BCUT2D eigenvalue weighted by Gasteiger charge is 2.67. The maximum absolute atomic E-state index is 13.2. The van der Waals surface area contributed by atoms with Crippen LogP contribution in [-0.4, -0.2) is 29.1 Å². The van der Waals surface area contributed by atoms with E-state index in [1.165, 1.54) is 38.5 Å².